The highest BCUT2D eigenvalue weighted by Crippen LogP contribution is 2.32. The molecule has 2 heterocycles. The van der Waals surface area contributed by atoms with Crippen LogP contribution >= 0.6 is 0 Å². The fourth-order valence-electron chi connectivity index (χ4n) is 1.97. The van der Waals surface area contributed by atoms with E-state index in [2.05, 4.69) is 4.98 Å². The fourth-order valence-corrected chi connectivity index (χ4v) is 1.97. The lowest BCUT2D eigenvalue weighted by Crippen LogP contribution is -2.23. The van der Waals surface area contributed by atoms with Crippen LogP contribution in [-0.4, -0.2) is 34.0 Å². The van der Waals surface area contributed by atoms with Crippen molar-refractivity contribution in [2.45, 2.75) is 24.7 Å². The molecule has 0 saturated carbocycles. The zero-order chi connectivity index (χ0) is 13.3. The first-order valence-corrected chi connectivity index (χ1v) is 5.27. The van der Waals surface area contributed by atoms with Gasteiger partial charge in [0.2, 0.25) is 0 Å². The van der Waals surface area contributed by atoms with Gasteiger partial charge in [0.15, 0.2) is 0 Å². The first kappa shape index (κ1) is 12.8. The molecule has 7 heteroatoms. The first-order chi connectivity index (χ1) is 8.41. The summed E-state index contributed by atoms with van der Waals surface area (Å²) >= 11 is 0. The molecule has 1 aromatic heterocycles. The molecule has 97 valence electrons. The monoisotopic (exact) mass is 259 g/mol. The SMILES string of the molecule is O=[C]N1CC(O)CC1c1ccc(C(F)(F)F)cn1. The van der Waals surface area contributed by atoms with Crippen molar-refractivity contribution in [3.05, 3.63) is 29.6 Å². The van der Waals surface area contributed by atoms with Crippen LogP contribution in [0.15, 0.2) is 18.3 Å². The van der Waals surface area contributed by atoms with E-state index in [-0.39, 0.29) is 13.0 Å². The van der Waals surface area contributed by atoms with Gasteiger partial charge in [-0.15, -0.1) is 0 Å². The molecular formula is C11H10F3N2O2. The van der Waals surface area contributed by atoms with E-state index in [0.717, 1.165) is 12.3 Å². The van der Waals surface area contributed by atoms with Gasteiger partial charge in [-0.25, -0.2) is 0 Å². The van der Waals surface area contributed by atoms with Gasteiger partial charge in [0.25, 0.3) is 0 Å². The lowest BCUT2D eigenvalue weighted by molar-refractivity contribution is -0.137. The maximum Gasteiger partial charge on any atom is 0.417 e. The number of hydrogen-bond acceptors (Lipinski definition) is 3. The maximum atomic E-state index is 12.3. The quantitative estimate of drug-likeness (QED) is 0.870. The van der Waals surface area contributed by atoms with Gasteiger partial charge < -0.3 is 10.0 Å². The molecule has 4 nitrogen and oxygen atoms in total. The van der Waals surface area contributed by atoms with Crippen molar-refractivity contribution in [1.82, 2.24) is 9.88 Å². The minimum absolute atomic E-state index is 0.122. The van der Waals surface area contributed by atoms with Crippen molar-refractivity contribution >= 4 is 6.41 Å². The Balaban J connectivity index is 2.22. The van der Waals surface area contributed by atoms with Crippen molar-refractivity contribution in [2.75, 3.05) is 6.54 Å². The molecule has 2 rings (SSSR count). The number of aliphatic hydroxyl groups is 1. The minimum atomic E-state index is -4.43. The van der Waals surface area contributed by atoms with Crippen LogP contribution < -0.4 is 0 Å². The van der Waals surface area contributed by atoms with E-state index in [1.54, 1.807) is 6.41 Å². The predicted molar refractivity (Wildman–Crippen MR) is 55.0 cm³/mol. The normalized spacial score (nSPS) is 24.3. The van der Waals surface area contributed by atoms with Gasteiger partial charge in [0.05, 0.1) is 23.4 Å². The lowest BCUT2D eigenvalue weighted by Gasteiger charge is -2.18. The Bertz CT molecular complexity index is 433. The average molecular weight is 259 g/mol. The number of halogens is 3. The van der Waals surface area contributed by atoms with Crippen LogP contribution in [0.1, 0.15) is 23.7 Å². The number of aliphatic hydroxyl groups excluding tert-OH is 1. The van der Waals surface area contributed by atoms with Gasteiger partial charge in [-0.3, -0.25) is 9.78 Å². The van der Waals surface area contributed by atoms with Crippen LogP contribution in [0.3, 0.4) is 0 Å². The summed E-state index contributed by atoms with van der Waals surface area (Å²) in [6.45, 7) is 0.122. The largest absolute Gasteiger partial charge is 0.417 e. The summed E-state index contributed by atoms with van der Waals surface area (Å²) in [5.41, 5.74) is -0.519. The molecule has 18 heavy (non-hydrogen) atoms. The third-order valence-electron chi connectivity index (χ3n) is 2.85. The van der Waals surface area contributed by atoms with Gasteiger partial charge in [0, 0.05) is 19.2 Å². The van der Waals surface area contributed by atoms with E-state index in [4.69, 9.17) is 0 Å². The number of β-amino-alcohol motifs (C(OH)–C–C–N with tert-alkyl or cyclic N) is 1. The summed E-state index contributed by atoms with van der Waals surface area (Å²) in [6, 6.07) is 1.62. The number of pyridine rings is 1. The molecule has 1 N–H and O–H groups in total. The molecule has 0 bridgehead atoms. The van der Waals surface area contributed by atoms with Crippen LogP contribution in [-0.2, 0) is 11.0 Å². The number of aromatic nitrogens is 1. The topological polar surface area (TPSA) is 53.4 Å². The smallest absolute Gasteiger partial charge is 0.391 e. The molecule has 1 aliphatic rings. The highest BCUT2D eigenvalue weighted by atomic mass is 19.4. The number of nitrogens with zero attached hydrogens (tertiary/aromatic N) is 2. The second kappa shape index (κ2) is 4.56. The van der Waals surface area contributed by atoms with Gasteiger partial charge >= 0.3 is 12.6 Å². The summed E-state index contributed by atoms with van der Waals surface area (Å²) in [7, 11) is 0. The number of carbonyl (C=O) groups excluding carboxylic acids is 1. The van der Waals surface area contributed by atoms with Crippen LogP contribution in [0.2, 0.25) is 0 Å². The van der Waals surface area contributed by atoms with Gasteiger partial charge in [-0.1, -0.05) is 0 Å². The van der Waals surface area contributed by atoms with Gasteiger partial charge in [0.1, 0.15) is 0 Å². The highest BCUT2D eigenvalue weighted by molar-refractivity contribution is 5.50. The molecule has 0 aromatic carbocycles. The fraction of sp³-hybridized carbons (Fsp3) is 0.455. The summed E-state index contributed by atoms with van der Waals surface area (Å²) in [4.78, 5) is 15.6. The lowest BCUT2D eigenvalue weighted by atomic mass is 10.1. The van der Waals surface area contributed by atoms with E-state index >= 15 is 0 Å². The third-order valence-corrected chi connectivity index (χ3v) is 2.85. The first-order valence-electron chi connectivity index (χ1n) is 5.27. The molecule has 0 spiro atoms. The Morgan fingerprint density at radius 1 is 1.44 bits per heavy atom. The molecule has 1 saturated heterocycles. The number of alkyl halides is 3. The number of likely N-dealkylation sites (tertiary alicyclic amines) is 1. The zero-order valence-corrected chi connectivity index (χ0v) is 9.18. The van der Waals surface area contributed by atoms with E-state index in [1.165, 1.54) is 11.0 Å². The molecule has 1 radical (unpaired) electrons. The standard InChI is InChI=1S/C11H10F3N2O2/c12-11(13,14)7-1-2-9(15-4-7)10-3-8(18)5-16(10)6-17/h1-2,4,8,10,18H,3,5H2. The van der Waals surface area contributed by atoms with Crippen molar-refractivity contribution in [3.8, 4) is 0 Å². The predicted octanol–water partition coefficient (Wildman–Crippen LogP) is 1.28. The van der Waals surface area contributed by atoms with E-state index in [1.807, 2.05) is 0 Å². The van der Waals surface area contributed by atoms with Crippen molar-refractivity contribution in [1.29, 1.82) is 0 Å². The number of amides is 1. The van der Waals surface area contributed by atoms with Gasteiger partial charge in [-0.05, 0) is 12.1 Å². The molecule has 2 atom stereocenters. The summed E-state index contributed by atoms with van der Waals surface area (Å²) in [5.74, 6) is 0. The van der Waals surface area contributed by atoms with Crippen LogP contribution in [0.5, 0.6) is 0 Å². The van der Waals surface area contributed by atoms with E-state index in [9.17, 15) is 23.1 Å². The summed E-state index contributed by atoms with van der Waals surface area (Å²) in [5, 5.41) is 9.42. The Kier molecular flexibility index (Phi) is 3.25. The average Bonchev–Trinajstić information content (AvgIpc) is 2.69. The summed E-state index contributed by atoms with van der Waals surface area (Å²) < 4.78 is 37.0. The van der Waals surface area contributed by atoms with Crippen molar-refractivity contribution < 1.29 is 23.1 Å². The third kappa shape index (κ3) is 2.45. The Morgan fingerprint density at radius 2 is 2.17 bits per heavy atom. The second-order valence-electron chi connectivity index (χ2n) is 4.12. The zero-order valence-electron chi connectivity index (χ0n) is 9.18. The molecule has 1 aromatic rings. The van der Waals surface area contributed by atoms with Crippen LogP contribution in [0, 0.1) is 0 Å². The molecule has 1 amide bonds. The van der Waals surface area contributed by atoms with Crippen LogP contribution in [0.25, 0.3) is 0 Å². The van der Waals surface area contributed by atoms with E-state index in [0.29, 0.717) is 5.69 Å². The molecule has 0 aliphatic carbocycles. The maximum absolute atomic E-state index is 12.3. The van der Waals surface area contributed by atoms with Crippen molar-refractivity contribution in [2.24, 2.45) is 0 Å². The highest BCUT2D eigenvalue weighted by Gasteiger charge is 2.34. The van der Waals surface area contributed by atoms with E-state index < -0.39 is 23.9 Å². The Morgan fingerprint density at radius 3 is 2.67 bits per heavy atom. The minimum Gasteiger partial charge on any atom is -0.391 e. The van der Waals surface area contributed by atoms with Crippen molar-refractivity contribution in [3.63, 3.8) is 0 Å². The number of hydrogen-bond donors (Lipinski definition) is 1. The van der Waals surface area contributed by atoms with Crippen LogP contribution in [0.4, 0.5) is 13.2 Å². The molecule has 1 aliphatic heterocycles. The summed E-state index contributed by atoms with van der Waals surface area (Å²) in [6.07, 6.45) is -2.50. The Labute approximate surface area is 101 Å². The number of rotatable bonds is 2. The molecular weight excluding hydrogens is 249 g/mol. The van der Waals surface area contributed by atoms with Gasteiger partial charge in [-0.2, -0.15) is 13.2 Å². The Hall–Kier alpha value is -1.63. The molecule has 1 fully saturated rings. The molecule has 2 unspecified atom stereocenters. The second-order valence-corrected chi connectivity index (χ2v) is 4.12.